The Kier molecular flexibility index (Phi) is 5.32. The second kappa shape index (κ2) is 7.22. The molecule has 2 amide bonds. The van der Waals surface area contributed by atoms with Gasteiger partial charge in [0.2, 0.25) is 5.91 Å². The molecule has 2 aromatic rings. The lowest BCUT2D eigenvalue weighted by atomic mass is 10.1. The van der Waals surface area contributed by atoms with Crippen molar-refractivity contribution in [2.45, 2.75) is 13.8 Å². The van der Waals surface area contributed by atoms with E-state index in [9.17, 15) is 9.59 Å². The van der Waals surface area contributed by atoms with Gasteiger partial charge in [-0.25, -0.2) is 0 Å². The van der Waals surface area contributed by atoms with Gasteiger partial charge in [-0.2, -0.15) is 0 Å². The Labute approximate surface area is 136 Å². The van der Waals surface area contributed by atoms with Crippen LogP contribution in [0.2, 0.25) is 0 Å². The van der Waals surface area contributed by atoms with Gasteiger partial charge in [0.15, 0.2) is 0 Å². The molecule has 1 heterocycles. The van der Waals surface area contributed by atoms with E-state index >= 15 is 0 Å². The largest absolute Gasteiger partial charge is 0.344 e. The minimum Gasteiger partial charge on any atom is -0.344 e. The zero-order chi connectivity index (χ0) is 17.0. The van der Waals surface area contributed by atoms with Crippen molar-refractivity contribution in [3.8, 4) is 0 Å². The fraction of sp³-hybridized carbons (Fsp3) is 0.389. The zero-order valence-electron chi connectivity index (χ0n) is 14.1. The summed E-state index contributed by atoms with van der Waals surface area (Å²) in [6.07, 6.45) is 1.68. The van der Waals surface area contributed by atoms with Gasteiger partial charge in [0.05, 0.1) is 6.54 Å². The number of hydrogen-bond acceptors (Lipinski definition) is 3. The molecule has 0 aliphatic rings. The van der Waals surface area contributed by atoms with Crippen LogP contribution in [0.3, 0.4) is 0 Å². The number of amides is 2. The van der Waals surface area contributed by atoms with Crippen molar-refractivity contribution < 1.29 is 9.59 Å². The molecule has 0 aliphatic carbocycles. The Bertz CT molecular complexity index is 712. The Morgan fingerprint density at radius 2 is 1.74 bits per heavy atom. The smallest absolute Gasteiger partial charge is 0.272 e. The van der Waals surface area contributed by atoms with E-state index in [1.165, 1.54) is 4.90 Å². The van der Waals surface area contributed by atoms with Gasteiger partial charge in [-0.3, -0.25) is 14.6 Å². The van der Waals surface area contributed by atoms with Crippen LogP contribution < -0.4 is 0 Å². The molecule has 0 fully saturated rings. The van der Waals surface area contributed by atoms with Gasteiger partial charge in [0.25, 0.3) is 5.91 Å². The highest BCUT2D eigenvalue weighted by Gasteiger charge is 2.19. The summed E-state index contributed by atoms with van der Waals surface area (Å²) in [5, 5.41) is 1.95. The fourth-order valence-electron chi connectivity index (χ4n) is 2.44. The summed E-state index contributed by atoms with van der Waals surface area (Å²) in [6.45, 7) is 4.83. The first-order valence-electron chi connectivity index (χ1n) is 7.72. The molecule has 122 valence electrons. The Morgan fingerprint density at radius 1 is 1.09 bits per heavy atom. The summed E-state index contributed by atoms with van der Waals surface area (Å²) < 4.78 is 0. The Balaban J connectivity index is 2.07. The van der Waals surface area contributed by atoms with E-state index in [1.807, 2.05) is 24.3 Å². The van der Waals surface area contributed by atoms with Gasteiger partial charge in [0, 0.05) is 32.2 Å². The molecule has 0 saturated heterocycles. The highest BCUT2D eigenvalue weighted by molar-refractivity contribution is 5.97. The molecule has 5 nitrogen and oxygen atoms in total. The van der Waals surface area contributed by atoms with Crippen LogP contribution in [-0.4, -0.2) is 53.8 Å². The van der Waals surface area contributed by atoms with Gasteiger partial charge < -0.3 is 9.80 Å². The number of hydrogen-bond donors (Lipinski definition) is 0. The van der Waals surface area contributed by atoms with Gasteiger partial charge in [-0.1, -0.05) is 38.1 Å². The second-order valence-electron chi connectivity index (χ2n) is 6.25. The van der Waals surface area contributed by atoms with E-state index in [0.29, 0.717) is 18.2 Å². The van der Waals surface area contributed by atoms with E-state index in [-0.39, 0.29) is 18.4 Å². The number of likely N-dealkylation sites (N-methyl/N-ethyl adjacent to an activating group) is 2. The number of aromatic nitrogens is 1. The normalized spacial score (nSPS) is 10.8. The number of pyridine rings is 1. The van der Waals surface area contributed by atoms with Crippen molar-refractivity contribution in [2.24, 2.45) is 5.92 Å². The highest BCUT2D eigenvalue weighted by atomic mass is 16.2. The van der Waals surface area contributed by atoms with Crippen LogP contribution in [0.15, 0.2) is 36.5 Å². The standard InChI is InChI=1S/C18H23N3O2/c1-13(2)11-20(3)17(22)12-21(4)18(23)16-9-14-7-5-6-8-15(14)10-19-16/h5-10,13H,11-12H2,1-4H3. The molecule has 0 aliphatic heterocycles. The summed E-state index contributed by atoms with van der Waals surface area (Å²) >= 11 is 0. The predicted molar refractivity (Wildman–Crippen MR) is 91.2 cm³/mol. The van der Waals surface area contributed by atoms with E-state index in [0.717, 1.165) is 10.8 Å². The number of benzene rings is 1. The minimum atomic E-state index is -0.248. The maximum absolute atomic E-state index is 12.5. The van der Waals surface area contributed by atoms with E-state index in [4.69, 9.17) is 0 Å². The van der Waals surface area contributed by atoms with Crippen LogP contribution in [0.1, 0.15) is 24.3 Å². The second-order valence-corrected chi connectivity index (χ2v) is 6.25. The monoisotopic (exact) mass is 313 g/mol. The maximum Gasteiger partial charge on any atom is 0.272 e. The topological polar surface area (TPSA) is 53.5 Å². The molecule has 0 spiro atoms. The van der Waals surface area contributed by atoms with Gasteiger partial charge >= 0.3 is 0 Å². The molecule has 23 heavy (non-hydrogen) atoms. The summed E-state index contributed by atoms with van der Waals surface area (Å²) in [7, 11) is 3.38. The SMILES string of the molecule is CC(C)CN(C)C(=O)CN(C)C(=O)c1cc2ccccc2cn1. The molecule has 0 radical (unpaired) electrons. The Hall–Kier alpha value is -2.43. The molecule has 1 aromatic carbocycles. The number of carbonyl (C=O) groups excluding carboxylic acids is 2. The number of fused-ring (bicyclic) bond motifs is 1. The van der Waals surface area contributed by atoms with E-state index in [2.05, 4.69) is 18.8 Å². The third-order valence-electron chi connectivity index (χ3n) is 3.63. The number of nitrogens with zero attached hydrogens (tertiary/aromatic N) is 3. The van der Waals surface area contributed by atoms with Gasteiger partial charge in [-0.15, -0.1) is 0 Å². The van der Waals surface area contributed by atoms with Crippen molar-refractivity contribution in [1.29, 1.82) is 0 Å². The van der Waals surface area contributed by atoms with Crippen molar-refractivity contribution in [3.63, 3.8) is 0 Å². The lowest BCUT2D eigenvalue weighted by Gasteiger charge is -2.23. The first kappa shape index (κ1) is 16.9. The molecule has 0 atom stereocenters. The minimum absolute atomic E-state index is 0.0521. The number of carbonyl (C=O) groups is 2. The third kappa shape index (κ3) is 4.28. The Morgan fingerprint density at radius 3 is 2.39 bits per heavy atom. The van der Waals surface area contributed by atoms with Crippen molar-refractivity contribution in [3.05, 3.63) is 42.2 Å². The average molecular weight is 313 g/mol. The van der Waals surface area contributed by atoms with Crippen LogP contribution in [0, 0.1) is 5.92 Å². The molecule has 0 N–H and O–H groups in total. The van der Waals surface area contributed by atoms with E-state index in [1.54, 1.807) is 31.3 Å². The van der Waals surface area contributed by atoms with Crippen LogP contribution in [-0.2, 0) is 4.79 Å². The molecule has 0 unspecified atom stereocenters. The van der Waals surface area contributed by atoms with E-state index < -0.39 is 0 Å². The van der Waals surface area contributed by atoms with Crippen LogP contribution >= 0.6 is 0 Å². The molecule has 0 saturated carbocycles. The van der Waals surface area contributed by atoms with Crippen LogP contribution in [0.25, 0.3) is 10.8 Å². The highest BCUT2D eigenvalue weighted by Crippen LogP contribution is 2.14. The first-order chi connectivity index (χ1) is 10.9. The lowest BCUT2D eigenvalue weighted by molar-refractivity contribution is -0.130. The average Bonchev–Trinajstić information content (AvgIpc) is 2.52. The molecule has 2 rings (SSSR count). The summed E-state index contributed by atoms with van der Waals surface area (Å²) in [4.78, 5) is 31.9. The molecular weight excluding hydrogens is 290 g/mol. The first-order valence-corrected chi connectivity index (χ1v) is 7.72. The lowest BCUT2D eigenvalue weighted by Crippen LogP contribution is -2.40. The quantitative estimate of drug-likeness (QED) is 0.852. The summed E-state index contributed by atoms with van der Waals surface area (Å²) in [6, 6.07) is 9.50. The fourth-order valence-corrected chi connectivity index (χ4v) is 2.44. The molecule has 5 heteroatoms. The molecule has 1 aromatic heterocycles. The maximum atomic E-state index is 12.5. The van der Waals surface area contributed by atoms with Crippen molar-refractivity contribution in [1.82, 2.24) is 14.8 Å². The summed E-state index contributed by atoms with van der Waals surface area (Å²) in [5.41, 5.74) is 0.352. The van der Waals surface area contributed by atoms with Crippen molar-refractivity contribution >= 4 is 22.6 Å². The predicted octanol–water partition coefficient (Wildman–Crippen LogP) is 2.42. The molecule has 0 bridgehead atoms. The number of rotatable bonds is 5. The van der Waals surface area contributed by atoms with Crippen molar-refractivity contribution in [2.75, 3.05) is 27.2 Å². The zero-order valence-corrected chi connectivity index (χ0v) is 14.1. The van der Waals surface area contributed by atoms with Gasteiger partial charge in [-0.05, 0) is 17.4 Å². The van der Waals surface area contributed by atoms with Crippen LogP contribution in [0.5, 0.6) is 0 Å². The van der Waals surface area contributed by atoms with Crippen LogP contribution in [0.4, 0.5) is 0 Å². The van der Waals surface area contributed by atoms with Gasteiger partial charge in [0.1, 0.15) is 5.69 Å². The molecular formula is C18H23N3O2. The third-order valence-corrected chi connectivity index (χ3v) is 3.63. The summed E-state index contributed by atoms with van der Waals surface area (Å²) in [5.74, 6) is 0.0736.